The zero-order chi connectivity index (χ0) is 11.6. The lowest BCUT2D eigenvalue weighted by atomic mass is 9.95. The van der Waals surface area contributed by atoms with Gasteiger partial charge in [-0.3, -0.25) is 4.90 Å². The van der Waals surface area contributed by atoms with Gasteiger partial charge in [0.1, 0.15) is 5.75 Å². The van der Waals surface area contributed by atoms with Crippen LogP contribution in [0.5, 0.6) is 5.75 Å². The maximum Gasteiger partial charge on any atom is 0.115 e. The van der Waals surface area contributed by atoms with Gasteiger partial charge in [-0.05, 0) is 44.0 Å². The number of hydrogen-bond acceptors (Lipinski definition) is 3. The SMILES string of the molecule is CC1(O)CCCN(Cc2ccc(O)cc2)C1. The van der Waals surface area contributed by atoms with E-state index >= 15 is 0 Å². The molecule has 16 heavy (non-hydrogen) atoms. The Morgan fingerprint density at radius 3 is 2.62 bits per heavy atom. The quantitative estimate of drug-likeness (QED) is 0.799. The molecule has 0 aromatic heterocycles. The van der Waals surface area contributed by atoms with Gasteiger partial charge in [0, 0.05) is 13.1 Å². The number of likely N-dealkylation sites (tertiary alicyclic amines) is 1. The van der Waals surface area contributed by atoms with Crippen LogP contribution in [0.3, 0.4) is 0 Å². The molecule has 0 amide bonds. The van der Waals surface area contributed by atoms with E-state index in [1.165, 1.54) is 5.56 Å². The normalized spacial score (nSPS) is 26.9. The van der Waals surface area contributed by atoms with Crippen molar-refractivity contribution in [3.63, 3.8) is 0 Å². The zero-order valence-electron chi connectivity index (χ0n) is 9.69. The van der Waals surface area contributed by atoms with Crippen molar-refractivity contribution in [3.05, 3.63) is 29.8 Å². The van der Waals surface area contributed by atoms with Gasteiger partial charge in [-0.25, -0.2) is 0 Å². The Kier molecular flexibility index (Phi) is 3.17. The average molecular weight is 221 g/mol. The minimum absolute atomic E-state index is 0.300. The maximum absolute atomic E-state index is 9.99. The number of rotatable bonds is 2. The van der Waals surface area contributed by atoms with E-state index in [9.17, 15) is 10.2 Å². The molecule has 1 aliphatic heterocycles. The van der Waals surface area contributed by atoms with E-state index in [1.54, 1.807) is 12.1 Å². The van der Waals surface area contributed by atoms with Crippen LogP contribution in [-0.4, -0.2) is 33.8 Å². The summed E-state index contributed by atoms with van der Waals surface area (Å²) in [4.78, 5) is 2.26. The van der Waals surface area contributed by atoms with E-state index in [1.807, 2.05) is 19.1 Å². The second-order valence-corrected chi connectivity index (χ2v) is 4.98. The van der Waals surface area contributed by atoms with Gasteiger partial charge < -0.3 is 10.2 Å². The highest BCUT2D eigenvalue weighted by molar-refractivity contribution is 5.25. The monoisotopic (exact) mass is 221 g/mol. The van der Waals surface area contributed by atoms with Crippen molar-refractivity contribution in [1.82, 2.24) is 4.90 Å². The van der Waals surface area contributed by atoms with Gasteiger partial charge in [0.05, 0.1) is 5.60 Å². The standard InChI is InChI=1S/C13H19NO2/c1-13(16)7-2-8-14(10-13)9-11-3-5-12(15)6-4-11/h3-6,15-16H,2,7-10H2,1H3. The molecule has 2 N–H and O–H groups in total. The molecule has 88 valence electrons. The first kappa shape index (κ1) is 11.4. The smallest absolute Gasteiger partial charge is 0.115 e. The van der Waals surface area contributed by atoms with Gasteiger partial charge in [0.2, 0.25) is 0 Å². The first-order chi connectivity index (χ1) is 7.55. The molecule has 0 spiro atoms. The molecule has 2 rings (SSSR count). The predicted octanol–water partition coefficient (Wildman–Crippen LogP) is 1.74. The number of aliphatic hydroxyl groups is 1. The summed E-state index contributed by atoms with van der Waals surface area (Å²) in [5, 5.41) is 19.2. The fourth-order valence-electron chi connectivity index (χ4n) is 2.32. The predicted molar refractivity (Wildman–Crippen MR) is 63.2 cm³/mol. The molecule has 0 aliphatic carbocycles. The number of β-amino-alcohol motifs (C(OH)–C–C–N with tert-alkyl or cyclic N) is 1. The van der Waals surface area contributed by atoms with Crippen molar-refractivity contribution >= 4 is 0 Å². The van der Waals surface area contributed by atoms with E-state index in [2.05, 4.69) is 4.90 Å². The highest BCUT2D eigenvalue weighted by Gasteiger charge is 2.27. The fraction of sp³-hybridized carbons (Fsp3) is 0.538. The molecule has 1 aromatic rings. The lowest BCUT2D eigenvalue weighted by molar-refractivity contribution is -0.0181. The van der Waals surface area contributed by atoms with Crippen molar-refractivity contribution in [3.8, 4) is 5.75 Å². The van der Waals surface area contributed by atoms with Crippen LogP contribution in [0, 0.1) is 0 Å². The van der Waals surface area contributed by atoms with E-state index < -0.39 is 5.60 Å². The van der Waals surface area contributed by atoms with Crippen LogP contribution in [0.1, 0.15) is 25.3 Å². The summed E-state index contributed by atoms with van der Waals surface area (Å²) in [7, 11) is 0. The third-order valence-corrected chi connectivity index (χ3v) is 3.10. The summed E-state index contributed by atoms with van der Waals surface area (Å²) in [6.45, 7) is 4.51. The molecule has 1 aliphatic rings. The van der Waals surface area contributed by atoms with Crippen LogP contribution < -0.4 is 0 Å². The van der Waals surface area contributed by atoms with Gasteiger partial charge in [-0.15, -0.1) is 0 Å². The molecule has 1 aromatic carbocycles. The second-order valence-electron chi connectivity index (χ2n) is 4.98. The van der Waals surface area contributed by atoms with Crippen LogP contribution in [0.25, 0.3) is 0 Å². The molecular formula is C13H19NO2. The summed E-state index contributed by atoms with van der Waals surface area (Å²) >= 11 is 0. The summed E-state index contributed by atoms with van der Waals surface area (Å²) in [5.41, 5.74) is 0.630. The first-order valence-electron chi connectivity index (χ1n) is 5.78. The number of benzene rings is 1. The molecule has 1 unspecified atom stereocenters. The number of hydrogen-bond donors (Lipinski definition) is 2. The van der Waals surface area contributed by atoms with Crippen molar-refractivity contribution in [2.45, 2.75) is 31.9 Å². The Hall–Kier alpha value is -1.06. The van der Waals surface area contributed by atoms with Crippen molar-refractivity contribution in [2.75, 3.05) is 13.1 Å². The van der Waals surface area contributed by atoms with E-state index in [4.69, 9.17) is 0 Å². The molecule has 0 radical (unpaired) electrons. The van der Waals surface area contributed by atoms with Crippen molar-refractivity contribution < 1.29 is 10.2 Å². The van der Waals surface area contributed by atoms with Crippen LogP contribution in [0.2, 0.25) is 0 Å². The number of nitrogens with zero attached hydrogens (tertiary/aromatic N) is 1. The largest absolute Gasteiger partial charge is 0.508 e. The molecule has 1 saturated heterocycles. The molecule has 1 heterocycles. The van der Waals surface area contributed by atoms with E-state index in [-0.39, 0.29) is 0 Å². The third-order valence-electron chi connectivity index (χ3n) is 3.10. The number of piperidine rings is 1. The third kappa shape index (κ3) is 2.97. The first-order valence-corrected chi connectivity index (χ1v) is 5.78. The zero-order valence-corrected chi connectivity index (χ0v) is 9.69. The molecule has 1 atom stereocenters. The number of aromatic hydroxyl groups is 1. The topological polar surface area (TPSA) is 43.7 Å². The summed E-state index contributed by atoms with van der Waals surface area (Å²) in [6.07, 6.45) is 1.93. The van der Waals surface area contributed by atoms with Gasteiger partial charge >= 0.3 is 0 Å². The summed E-state index contributed by atoms with van der Waals surface area (Å²) in [6, 6.07) is 7.27. The number of phenols is 1. The molecular weight excluding hydrogens is 202 g/mol. The molecule has 1 fully saturated rings. The fourth-order valence-corrected chi connectivity index (χ4v) is 2.32. The maximum atomic E-state index is 9.99. The molecule has 0 bridgehead atoms. The average Bonchev–Trinajstić information content (AvgIpc) is 2.20. The minimum Gasteiger partial charge on any atom is -0.508 e. The molecule has 0 saturated carbocycles. The molecule has 3 nitrogen and oxygen atoms in total. The Labute approximate surface area is 96.3 Å². The van der Waals surface area contributed by atoms with Gasteiger partial charge in [-0.1, -0.05) is 12.1 Å². The van der Waals surface area contributed by atoms with E-state index in [0.717, 1.165) is 32.5 Å². The van der Waals surface area contributed by atoms with Gasteiger partial charge in [0.15, 0.2) is 0 Å². The Morgan fingerprint density at radius 2 is 2.00 bits per heavy atom. The van der Waals surface area contributed by atoms with Crippen molar-refractivity contribution in [1.29, 1.82) is 0 Å². The van der Waals surface area contributed by atoms with Gasteiger partial charge in [-0.2, -0.15) is 0 Å². The minimum atomic E-state index is -0.546. The molecule has 3 heteroatoms. The van der Waals surface area contributed by atoms with Gasteiger partial charge in [0.25, 0.3) is 0 Å². The van der Waals surface area contributed by atoms with Crippen LogP contribution in [-0.2, 0) is 6.54 Å². The highest BCUT2D eigenvalue weighted by Crippen LogP contribution is 2.22. The number of phenolic OH excluding ortho intramolecular Hbond substituents is 1. The Morgan fingerprint density at radius 1 is 1.31 bits per heavy atom. The Balaban J connectivity index is 1.97. The highest BCUT2D eigenvalue weighted by atomic mass is 16.3. The summed E-state index contributed by atoms with van der Waals surface area (Å²) < 4.78 is 0. The van der Waals surface area contributed by atoms with Crippen LogP contribution in [0.15, 0.2) is 24.3 Å². The van der Waals surface area contributed by atoms with E-state index in [0.29, 0.717) is 5.75 Å². The Bertz CT molecular complexity index is 345. The lowest BCUT2D eigenvalue weighted by Gasteiger charge is -2.36. The second kappa shape index (κ2) is 4.44. The van der Waals surface area contributed by atoms with Crippen LogP contribution >= 0.6 is 0 Å². The lowest BCUT2D eigenvalue weighted by Crippen LogP contribution is -2.45. The van der Waals surface area contributed by atoms with Crippen LogP contribution in [0.4, 0.5) is 0 Å². The van der Waals surface area contributed by atoms with Crippen molar-refractivity contribution in [2.24, 2.45) is 0 Å². The summed E-state index contributed by atoms with van der Waals surface area (Å²) in [5.74, 6) is 0.300.